The molecule has 2 heterocycles. The Morgan fingerprint density at radius 3 is 3.19 bits per heavy atom. The molecule has 1 unspecified atom stereocenters. The second-order valence-electron chi connectivity index (χ2n) is 4.32. The van der Waals surface area contributed by atoms with Gasteiger partial charge in [-0.2, -0.15) is 0 Å². The maximum Gasteiger partial charge on any atom is 0.140 e. The summed E-state index contributed by atoms with van der Waals surface area (Å²) in [6.07, 6.45) is 5.75. The Kier molecular flexibility index (Phi) is 4.18. The molecule has 0 amide bonds. The van der Waals surface area contributed by atoms with E-state index in [0.29, 0.717) is 6.04 Å². The van der Waals surface area contributed by atoms with Gasteiger partial charge >= 0.3 is 0 Å². The van der Waals surface area contributed by atoms with Crippen molar-refractivity contribution in [3.05, 3.63) is 22.3 Å². The van der Waals surface area contributed by atoms with E-state index in [1.54, 1.807) is 0 Å². The van der Waals surface area contributed by atoms with Gasteiger partial charge in [-0.25, -0.2) is 4.98 Å². The highest BCUT2D eigenvalue weighted by atomic mass is 79.9. The fraction of sp³-hybridized carbons (Fsp3) is 0.583. The van der Waals surface area contributed by atoms with Gasteiger partial charge in [0.1, 0.15) is 5.82 Å². The first kappa shape index (κ1) is 11.9. The van der Waals surface area contributed by atoms with Crippen molar-refractivity contribution in [1.82, 2.24) is 10.3 Å². The van der Waals surface area contributed by atoms with Crippen LogP contribution in [0.5, 0.6) is 0 Å². The highest BCUT2D eigenvalue weighted by Gasteiger charge is 2.12. The molecule has 1 saturated heterocycles. The zero-order chi connectivity index (χ0) is 11.4. The summed E-state index contributed by atoms with van der Waals surface area (Å²) in [5, 5.41) is 6.92. The first-order chi connectivity index (χ1) is 7.77. The lowest BCUT2D eigenvalue weighted by molar-refractivity contribution is 0.414. The third-order valence-corrected chi connectivity index (χ3v) is 4.01. The number of aromatic nitrogens is 1. The smallest absolute Gasteiger partial charge is 0.140 e. The minimum atomic E-state index is 0.586. The molecule has 1 aliphatic rings. The molecule has 1 fully saturated rings. The van der Waals surface area contributed by atoms with E-state index in [9.17, 15) is 0 Å². The normalized spacial score (nSPS) is 20.8. The second kappa shape index (κ2) is 5.64. The first-order valence-electron chi connectivity index (χ1n) is 5.86. The molecule has 0 bridgehead atoms. The molecule has 3 nitrogen and oxygen atoms in total. The third-order valence-electron chi connectivity index (χ3n) is 3.01. The van der Waals surface area contributed by atoms with Crippen LogP contribution in [0.4, 0.5) is 5.82 Å². The van der Waals surface area contributed by atoms with Gasteiger partial charge in [-0.15, -0.1) is 0 Å². The number of anilines is 1. The van der Waals surface area contributed by atoms with E-state index in [-0.39, 0.29) is 0 Å². The molecule has 0 aliphatic carbocycles. The molecule has 1 aromatic heterocycles. The molecule has 0 aromatic carbocycles. The van der Waals surface area contributed by atoms with E-state index >= 15 is 0 Å². The van der Waals surface area contributed by atoms with Gasteiger partial charge in [0.15, 0.2) is 0 Å². The topological polar surface area (TPSA) is 37.0 Å². The molecule has 1 aromatic rings. The lowest BCUT2D eigenvalue weighted by atomic mass is 10.1. The van der Waals surface area contributed by atoms with Crippen LogP contribution in [0.15, 0.2) is 16.7 Å². The van der Waals surface area contributed by atoms with Crippen LogP contribution in [-0.2, 0) is 0 Å². The van der Waals surface area contributed by atoms with Crippen molar-refractivity contribution in [2.45, 2.75) is 32.2 Å². The van der Waals surface area contributed by atoms with E-state index in [2.05, 4.69) is 38.5 Å². The lowest BCUT2D eigenvalue weighted by Crippen LogP contribution is -2.39. The average Bonchev–Trinajstić information content (AvgIpc) is 2.32. The summed E-state index contributed by atoms with van der Waals surface area (Å²) < 4.78 is 1.07. The molecule has 0 saturated carbocycles. The molecule has 16 heavy (non-hydrogen) atoms. The Bertz CT molecular complexity index is 348. The number of aryl methyl sites for hydroxylation is 1. The van der Waals surface area contributed by atoms with Crippen LogP contribution in [0.3, 0.4) is 0 Å². The van der Waals surface area contributed by atoms with Gasteiger partial charge in [-0.05, 0) is 53.9 Å². The minimum Gasteiger partial charge on any atom is -0.368 e. The van der Waals surface area contributed by atoms with Crippen LogP contribution in [0.25, 0.3) is 0 Å². The number of hydrogen-bond acceptors (Lipinski definition) is 3. The van der Waals surface area contributed by atoms with Crippen LogP contribution in [0.2, 0.25) is 0 Å². The largest absolute Gasteiger partial charge is 0.368 e. The maximum absolute atomic E-state index is 4.34. The van der Waals surface area contributed by atoms with Crippen molar-refractivity contribution in [2.24, 2.45) is 0 Å². The van der Waals surface area contributed by atoms with Crippen molar-refractivity contribution in [3.63, 3.8) is 0 Å². The van der Waals surface area contributed by atoms with Crippen LogP contribution in [0, 0.1) is 6.92 Å². The van der Waals surface area contributed by atoms with Crippen molar-refractivity contribution in [3.8, 4) is 0 Å². The Hall–Kier alpha value is -0.610. The molecule has 1 atom stereocenters. The van der Waals surface area contributed by atoms with Gasteiger partial charge in [0, 0.05) is 18.8 Å². The SMILES string of the molecule is Cc1ccnc(NCC2CCCCN2)c1Br. The Labute approximate surface area is 105 Å². The van der Waals surface area contributed by atoms with Gasteiger partial charge in [0.05, 0.1) is 4.47 Å². The Morgan fingerprint density at radius 2 is 2.44 bits per heavy atom. The number of piperidine rings is 1. The molecule has 4 heteroatoms. The fourth-order valence-corrected chi connectivity index (χ4v) is 2.36. The Morgan fingerprint density at radius 1 is 1.56 bits per heavy atom. The molecule has 1 aliphatic heterocycles. The van der Waals surface area contributed by atoms with Gasteiger partial charge < -0.3 is 10.6 Å². The fourth-order valence-electron chi connectivity index (χ4n) is 1.98. The molecule has 2 rings (SSSR count). The molecule has 2 N–H and O–H groups in total. The maximum atomic E-state index is 4.34. The summed E-state index contributed by atoms with van der Waals surface area (Å²) >= 11 is 3.56. The highest BCUT2D eigenvalue weighted by Crippen LogP contribution is 2.23. The van der Waals surface area contributed by atoms with Gasteiger partial charge in [0.25, 0.3) is 0 Å². The molecular formula is C12H18BrN3. The summed E-state index contributed by atoms with van der Waals surface area (Å²) in [4.78, 5) is 4.34. The lowest BCUT2D eigenvalue weighted by Gasteiger charge is -2.24. The number of pyridine rings is 1. The quantitative estimate of drug-likeness (QED) is 0.896. The van der Waals surface area contributed by atoms with Gasteiger partial charge in [0.2, 0.25) is 0 Å². The number of nitrogens with zero attached hydrogens (tertiary/aromatic N) is 1. The number of halogens is 1. The zero-order valence-corrected chi connectivity index (χ0v) is 11.2. The summed E-state index contributed by atoms with van der Waals surface area (Å²) in [6, 6.07) is 2.59. The zero-order valence-electron chi connectivity index (χ0n) is 9.59. The van der Waals surface area contributed by atoms with E-state index in [1.807, 2.05) is 12.3 Å². The van der Waals surface area contributed by atoms with Crippen molar-refractivity contribution in [1.29, 1.82) is 0 Å². The van der Waals surface area contributed by atoms with E-state index in [1.165, 1.54) is 24.8 Å². The van der Waals surface area contributed by atoms with Gasteiger partial charge in [-0.1, -0.05) is 6.42 Å². The number of nitrogens with one attached hydrogen (secondary N) is 2. The highest BCUT2D eigenvalue weighted by molar-refractivity contribution is 9.10. The van der Waals surface area contributed by atoms with E-state index in [0.717, 1.165) is 23.4 Å². The Balaban J connectivity index is 1.91. The average molecular weight is 284 g/mol. The molecule has 88 valence electrons. The molecule has 0 spiro atoms. The summed E-state index contributed by atoms with van der Waals surface area (Å²) in [6.45, 7) is 4.18. The van der Waals surface area contributed by atoms with Crippen LogP contribution in [0.1, 0.15) is 24.8 Å². The number of hydrogen-bond donors (Lipinski definition) is 2. The molecule has 0 radical (unpaired) electrons. The predicted octanol–water partition coefficient (Wildman–Crippen LogP) is 2.71. The third kappa shape index (κ3) is 2.95. The van der Waals surface area contributed by atoms with Gasteiger partial charge in [-0.3, -0.25) is 0 Å². The minimum absolute atomic E-state index is 0.586. The number of rotatable bonds is 3. The van der Waals surface area contributed by atoms with Crippen molar-refractivity contribution < 1.29 is 0 Å². The predicted molar refractivity (Wildman–Crippen MR) is 70.8 cm³/mol. The van der Waals surface area contributed by atoms with Crippen LogP contribution in [-0.4, -0.2) is 24.1 Å². The monoisotopic (exact) mass is 283 g/mol. The first-order valence-corrected chi connectivity index (χ1v) is 6.65. The van der Waals surface area contributed by atoms with Crippen molar-refractivity contribution >= 4 is 21.7 Å². The second-order valence-corrected chi connectivity index (χ2v) is 5.11. The summed E-state index contributed by atoms with van der Waals surface area (Å²) in [7, 11) is 0. The van der Waals surface area contributed by atoms with Crippen LogP contribution < -0.4 is 10.6 Å². The van der Waals surface area contributed by atoms with E-state index in [4.69, 9.17) is 0 Å². The van der Waals surface area contributed by atoms with Crippen LogP contribution >= 0.6 is 15.9 Å². The van der Waals surface area contributed by atoms with Crippen molar-refractivity contribution in [2.75, 3.05) is 18.4 Å². The summed E-state index contributed by atoms with van der Waals surface area (Å²) in [5.41, 5.74) is 1.22. The summed E-state index contributed by atoms with van der Waals surface area (Å²) in [5.74, 6) is 0.951. The standard InChI is InChI=1S/C12H18BrN3/c1-9-5-7-15-12(11(9)13)16-8-10-4-2-3-6-14-10/h5,7,10,14H,2-4,6,8H2,1H3,(H,15,16). The molecular weight excluding hydrogens is 266 g/mol. The van der Waals surface area contributed by atoms with E-state index < -0.39 is 0 Å².